The zero-order valence-corrected chi connectivity index (χ0v) is 8.79. The van der Waals surface area contributed by atoms with Gasteiger partial charge in [0.15, 0.2) is 0 Å². The van der Waals surface area contributed by atoms with Crippen LogP contribution in [0.25, 0.3) is 10.8 Å². The first-order valence-corrected chi connectivity index (χ1v) is 4.94. The Balaban J connectivity index is 2.88. The molecule has 1 aromatic heterocycles. The van der Waals surface area contributed by atoms with Crippen LogP contribution in [0, 0.1) is 5.82 Å². The van der Waals surface area contributed by atoms with Crippen LogP contribution < -0.4 is 5.73 Å². The molecule has 0 fully saturated rings. The second kappa shape index (κ2) is 3.50. The van der Waals surface area contributed by atoms with Crippen LogP contribution in [0.1, 0.15) is 25.3 Å². The number of halogens is 1. The molecular formula is C12H13FN2. The molecule has 1 aromatic carbocycles. The quantitative estimate of drug-likeness (QED) is 0.775. The number of pyridine rings is 1. The van der Waals surface area contributed by atoms with Crippen molar-refractivity contribution < 1.29 is 4.39 Å². The summed E-state index contributed by atoms with van der Waals surface area (Å²) in [5.41, 5.74) is 6.45. The van der Waals surface area contributed by atoms with Crippen molar-refractivity contribution in [2.24, 2.45) is 0 Å². The number of benzene rings is 1. The van der Waals surface area contributed by atoms with Crippen LogP contribution in [-0.2, 0) is 0 Å². The Morgan fingerprint density at radius 2 is 1.93 bits per heavy atom. The molecule has 78 valence electrons. The number of rotatable bonds is 1. The maximum atomic E-state index is 13.6. The highest BCUT2D eigenvalue weighted by molar-refractivity contribution is 5.93. The smallest absolute Gasteiger partial charge is 0.131 e. The summed E-state index contributed by atoms with van der Waals surface area (Å²) in [5, 5.41) is 1.68. The fraction of sp³-hybridized carbons (Fsp3) is 0.250. The highest BCUT2D eigenvalue weighted by Crippen LogP contribution is 2.29. The molecule has 0 aliphatic carbocycles. The van der Waals surface area contributed by atoms with Gasteiger partial charge in [-0.3, -0.25) is 0 Å². The molecular weight excluding hydrogens is 191 g/mol. The van der Waals surface area contributed by atoms with E-state index in [-0.39, 0.29) is 11.7 Å². The molecule has 0 bridgehead atoms. The maximum Gasteiger partial charge on any atom is 0.131 e. The monoisotopic (exact) mass is 204 g/mol. The highest BCUT2D eigenvalue weighted by Gasteiger charge is 2.12. The van der Waals surface area contributed by atoms with E-state index in [1.807, 2.05) is 19.9 Å². The zero-order valence-electron chi connectivity index (χ0n) is 8.79. The summed E-state index contributed by atoms with van der Waals surface area (Å²) < 4.78 is 13.6. The third kappa shape index (κ3) is 1.54. The van der Waals surface area contributed by atoms with Gasteiger partial charge in [-0.15, -0.1) is 0 Å². The minimum Gasteiger partial charge on any atom is -0.383 e. The average molecular weight is 204 g/mol. The fourth-order valence-corrected chi connectivity index (χ4v) is 1.86. The lowest BCUT2D eigenvalue weighted by atomic mass is 9.96. The predicted octanol–water partition coefficient (Wildman–Crippen LogP) is 3.08. The van der Waals surface area contributed by atoms with Gasteiger partial charge in [0.1, 0.15) is 11.6 Å². The van der Waals surface area contributed by atoms with Crippen LogP contribution in [-0.4, -0.2) is 4.98 Å². The van der Waals surface area contributed by atoms with Crippen LogP contribution in [0.2, 0.25) is 0 Å². The number of fused-ring (bicyclic) bond motifs is 1. The fourth-order valence-electron chi connectivity index (χ4n) is 1.86. The Morgan fingerprint density at radius 1 is 1.20 bits per heavy atom. The largest absolute Gasteiger partial charge is 0.383 e. The van der Waals surface area contributed by atoms with Crippen molar-refractivity contribution in [1.82, 2.24) is 4.98 Å². The molecule has 0 aliphatic heterocycles. The molecule has 0 amide bonds. The molecule has 0 radical (unpaired) electrons. The van der Waals surface area contributed by atoms with Gasteiger partial charge in [-0.25, -0.2) is 9.37 Å². The molecule has 0 saturated heterocycles. The minimum absolute atomic E-state index is 0.135. The van der Waals surface area contributed by atoms with Crippen molar-refractivity contribution in [3.63, 3.8) is 0 Å². The normalized spacial score (nSPS) is 11.2. The third-order valence-corrected chi connectivity index (χ3v) is 2.54. The highest BCUT2D eigenvalue weighted by atomic mass is 19.1. The molecule has 0 atom stereocenters. The van der Waals surface area contributed by atoms with Crippen LogP contribution in [0.5, 0.6) is 0 Å². The Labute approximate surface area is 87.9 Å². The molecule has 0 saturated carbocycles. The van der Waals surface area contributed by atoms with Crippen molar-refractivity contribution in [2.75, 3.05) is 5.73 Å². The van der Waals surface area contributed by atoms with Crippen molar-refractivity contribution in [3.8, 4) is 0 Å². The SMILES string of the molecule is CC(C)c1c(F)ccc2c(N)nccc12. The van der Waals surface area contributed by atoms with E-state index in [0.29, 0.717) is 11.4 Å². The lowest BCUT2D eigenvalue weighted by Crippen LogP contribution is -1.98. The molecule has 15 heavy (non-hydrogen) atoms. The molecule has 2 N–H and O–H groups in total. The van der Waals surface area contributed by atoms with E-state index in [1.165, 1.54) is 6.07 Å². The van der Waals surface area contributed by atoms with E-state index in [2.05, 4.69) is 4.98 Å². The number of anilines is 1. The summed E-state index contributed by atoms with van der Waals surface area (Å²) in [4.78, 5) is 3.99. The number of hydrogen-bond donors (Lipinski definition) is 1. The van der Waals surface area contributed by atoms with E-state index < -0.39 is 0 Å². The molecule has 0 spiro atoms. The van der Waals surface area contributed by atoms with Crippen LogP contribution in [0.3, 0.4) is 0 Å². The Morgan fingerprint density at radius 3 is 2.60 bits per heavy atom. The summed E-state index contributed by atoms with van der Waals surface area (Å²) in [6, 6.07) is 4.94. The van der Waals surface area contributed by atoms with Crippen LogP contribution >= 0.6 is 0 Å². The lowest BCUT2D eigenvalue weighted by Gasteiger charge is -2.11. The van der Waals surface area contributed by atoms with Crippen molar-refractivity contribution in [3.05, 3.63) is 35.8 Å². The molecule has 0 unspecified atom stereocenters. The summed E-state index contributed by atoms with van der Waals surface area (Å²) >= 11 is 0. The van der Waals surface area contributed by atoms with E-state index in [0.717, 1.165) is 10.8 Å². The average Bonchev–Trinajstić information content (AvgIpc) is 2.17. The zero-order chi connectivity index (χ0) is 11.0. The third-order valence-electron chi connectivity index (χ3n) is 2.54. The standard InChI is InChI=1S/C12H13FN2/c1-7(2)11-8-5-6-15-12(14)9(8)3-4-10(11)13/h3-7H,1-2H3,(H2,14,15). The lowest BCUT2D eigenvalue weighted by molar-refractivity contribution is 0.602. The number of nitrogen functional groups attached to an aromatic ring is 1. The van der Waals surface area contributed by atoms with E-state index in [1.54, 1.807) is 12.3 Å². The minimum atomic E-state index is -0.178. The van der Waals surface area contributed by atoms with Crippen molar-refractivity contribution >= 4 is 16.6 Å². The Bertz CT molecular complexity index is 506. The van der Waals surface area contributed by atoms with Crippen LogP contribution in [0.15, 0.2) is 24.4 Å². The summed E-state index contributed by atoms with van der Waals surface area (Å²) in [6.45, 7) is 3.93. The number of aromatic nitrogens is 1. The van der Waals surface area contributed by atoms with Gasteiger partial charge in [-0.2, -0.15) is 0 Å². The first kappa shape index (κ1) is 9.90. The molecule has 2 aromatic rings. The van der Waals surface area contributed by atoms with Gasteiger partial charge >= 0.3 is 0 Å². The predicted molar refractivity (Wildman–Crippen MR) is 60.2 cm³/mol. The number of nitrogens with zero attached hydrogens (tertiary/aromatic N) is 1. The Hall–Kier alpha value is -1.64. The molecule has 0 aliphatic rings. The van der Waals surface area contributed by atoms with E-state index in [9.17, 15) is 4.39 Å². The summed E-state index contributed by atoms with van der Waals surface area (Å²) in [5.74, 6) is 0.410. The second-order valence-electron chi connectivity index (χ2n) is 3.91. The van der Waals surface area contributed by atoms with Gasteiger partial charge in [0.25, 0.3) is 0 Å². The molecule has 2 rings (SSSR count). The second-order valence-corrected chi connectivity index (χ2v) is 3.91. The van der Waals surface area contributed by atoms with Gasteiger partial charge < -0.3 is 5.73 Å². The van der Waals surface area contributed by atoms with Gasteiger partial charge in [-0.05, 0) is 35.1 Å². The molecule has 2 nitrogen and oxygen atoms in total. The van der Waals surface area contributed by atoms with Crippen LogP contribution in [0.4, 0.5) is 10.2 Å². The van der Waals surface area contributed by atoms with Crippen molar-refractivity contribution in [1.29, 1.82) is 0 Å². The Kier molecular flexibility index (Phi) is 2.31. The topological polar surface area (TPSA) is 38.9 Å². The van der Waals surface area contributed by atoms with Gasteiger partial charge in [0.05, 0.1) is 0 Å². The number of hydrogen-bond acceptors (Lipinski definition) is 2. The van der Waals surface area contributed by atoms with Gasteiger partial charge in [0.2, 0.25) is 0 Å². The van der Waals surface area contributed by atoms with E-state index >= 15 is 0 Å². The first-order chi connectivity index (χ1) is 7.11. The molecule has 3 heteroatoms. The van der Waals surface area contributed by atoms with Gasteiger partial charge in [-0.1, -0.05) is 13.8 Å². The van der Waals surface area contributed by atoms with Crippen molar-refractivity contribution in [2.45, 2.75) is 19.8 Å². The summed E-state index contributed by atoms with van der Waals surface area (Å²) in [7, 11) is 0. The maximum absolute atomic E-state index is 13.6. The molecule has 1 heterocycles. The van der Waals surface area contributed by atoms with Gasteiger partial charge in [0, 0.05) is 11.6 Å². The van der Waals surface area contributed by atoms with E-state index in [4.69, 9.17) is 5.73 Å². The number of nitrogens with two attached hydrogens (primary N) is 1. The summed E-state index contributed by atoms with van der Waals surface area (Å²) in [6.07, 6.45) is 1.61. The first-order valence-electron chi connectivity index (χ1n) is 4.94.